The van der Waals surface area contributed by atoms with E-state index in [1.165, 1.54) is 11.8 Å². The van der Waals surface area contributed by atoms with Crippen LogP contribution >= 0.6 is 11.8 Å². The number of aromatic nitrogens is 4. The summed E-state index contributed by atoms with van der Waals surface area (Å²) in [6, 6.07) is 1.68. The van der Waals surface area contributed by atoms with Gasteiger partial charge in [0.05, 0.1) is 11.8 Å². The van der Waals surface area contributed by atoms with E-state index in [2.05, 4.69) is 20.7 Å². The van der Waals surface area contributed by atoms with E-state index in [4.69, 9.17) is 4.52 Å². The summed E-state index contributed by atoms with van der Waals surface area (Å²) >= 11 is 1.38. The summed E-state index contributed by atoms with van der Waals surface area (Å²) in [6.07, 6.45) is 4.29. The van der Waals surface area contributed by atoms with Crippen molar-refractivity contribution in [2.45, 2.75) is 76.4 Å². The van der Waals surface area contributed by atoms with Crippen LogP contribution in [-0.4, -0.2) is 48.4 Å². The molecule has 0 aliphatic carbocycles. The van der Waals surface area contributed by atoms with Crippen molar-refractivity contribution < 1.29 is 14.1 Å². The number of anilines is 1. The number of likely N-dealkylation sites (tertiary alicyclic amines) is 1. The molecule has 1 N–H and O–H groups in total. The molecule has 0 bridgehead atoms. The monoisotopic (exact) mass is 420 g/mol. The third-order valence-corrected chi connectivity index (χ3v) is 6.25. The lowest BCUT2D eigenvalue weighted by atomic mass is 10.2. The molecule has 0 radical (unpaired) electrons. The Kier molecular flexibility index (Phi) is 7.29. The lowest BCUT2D eigenvalue weighted by Gasteiger charge is -2.20. The van der Waals surface area contributed by atoms with Gasteiger partial charge in [0.15, 0.2) is 16.8 Å². The molecule has 1 saturated heterocycles. The van der Waals surface area contributed by atoms with Crippen LogP contribution in [0.15, 0.2) is 15.7 Å². The minimum Gasteiger partial charge on any atom is -0.360 e. The maximum Gasteiger partial charge on any atom is 0.239 e. The molecule has 0 aromatic carbocycles. The largest absolute Gasteiger partial charge is 0.360 e. The zero-order valence-electron chi connectivity index (χ0n) is 17.2. The standard InChI is InChI=1S/C19H28N6O3S/c1-4-14(18(27)20-15-11-13(3)28-23-15)29-19-22-21-16(25(19)5-2)12-24-10-8-6-7-9-17(24)26/h11,14H,4-10,12H2,1-3H3,(H,20,23,27)/t14-/m0/s1. The van der Waals surface area contributed by atoms with E-state index in [1.807, 2.05) is 23.3 Å². The number of amides is 2. The maximum atomic E-state index is 12.6. The third-order valence-electron chi connectivity index (χ3n) is 4.90. The molecule has 1 aliphatic rings. The molecule has 1 fully saturated rings. The maximum absolute atomic E-state index is 12.6. The van der Waals surface area contributed by atoms with Gasteiger partial charge in [-0.15, -0.1) is 10.2 Å². The van der Waals surface area contributed by atoms with E-state index in [0.29, 0.717) is 42.7 Å². The number of carbonyl (C=O) groups excluding carboxylic acids is 2. The first-order valence-corrected chi connectivity index (χ1v) is 11.0. The molecule has 158 valence electrons. The Labute approximate surface area is 174 Å². The number of nitrogens with zero attached hydrogens (tertiary/aromatic N) is 5. The van der Waals surface area contributed by atoms with Crippen molar-refractivity contribution in [2.24, 2.45) is 0 Å². The van der Waals surface area contributed by atoms with Crippen LogP contribution in [-0.2, 0) is 22.7 Å². The van der Waals surface area contributed by atoms with Crippen molar-refractivity contribution in [3.63, 3.8) is 0 Å². The Balaban J connectivity index is 1.69. The third kappa shape index (κ3) is 5.37. The van der Waals surface area contributed by atoms with Gasteiger partial charge in [-0.2, -0.15) is 0 Å². The number of aryl methyl sites for hydroxylation is 1. The van der Waals surface area contributed by atoms with Crippen LogP contribution in [0.5, 0.6) is 0 Å². The SMILES string of the molecule is CC[C@H](Sc1nnc(CN2CCCCCC2=O)n1CC)C(=O)Nc1cc(C)on1. The van der Waals surface area contributed by atoms with Crippen molar-refractivity contribution in [1.82, 2.24) is 24.8 Å². The van der Waals surface area contributed by atoms with Crippen LogP contribution < -0.4 is 5.32 Å². The van der Waals surface area contributed by atoms with Crippen molar-refractivity contribution in [3.8, 4) is 0 Å². The summed E-state index contributed by atoms with van der Waals surface area (Å²) in [5.41, 5.74) is 0. The fraction of sp³-hybridized carbons (Fsp3) is 0.632. The molecule has 0 spiro atoms. The van der Waals surface area contributed by atoms with Crippen molar-refractivity contribution in [1.29, 1.82) is 0 Å². The van der Waals surface area contributed by atoms with Crippen molar-refractivity contribution in [3.05, 3.63) is 17.7 Å². The second kappa shape index (κ2) is 9.91. The highest BCUT2D eigenvalue weighted by atomic mass is 32.2. The van der Waals surface area contributed by atoms with Gasteiger partial charge in [-0.05, 0) is 33.1 Å². The first kappa shape index (κ1) is 21.4. The highest BCUT2D eigenvalue weighted by molar-refractivity contribution is 8.00. The highest BCUT2D eigenvalue weighted by Crippen LogP contribution is 2.26. The van der Waals surface area contributed by atoms with Gasteiger partial charge >= 0.3 is 0 Å². The molecule has 9 nitrogen and oxygen atoms in total. The van der Waals surface area contributed by atoms with E-state index < -0.39 is 0 Å². The lowest BCUT2D eigenvalue weighted by Crippen LogP contribution is -2.31. The van der Waals surface area contributed by atoms with Crippen molar-refractivity contribution in [2.75, 3.05) is 11.9 Å². The van der Waals surface area contributed by atoms with E-state index in [-0.39, 0.29) is 17.1 Å². The number of rotatable bonds is 8. The highest BCUT2D eigenvalue weighted by Gasteiger charge is 2.25. The number of hydrogen-bond donors (Lipinski definition) is 1. The molecule has 10 heteroatoms. The van der Waals surface area contributed by atoms with E-state index >= 15 is 0 Å². The second-order valence-electron chi connectivity index (χ2n) is 7.10. The minimum atomic E-state index is -0.339. The molecule has 3 heterocycles. The predicted molar refractivity (Wildman–Crippen MR) is 109 cm³/mol. The fourth-order valence-electron chi connectivity index (χ4n) is 3.30. The molecular formula is C19H28N6O3S. The zero-order chi connectivity index (χ0) is 20.8. The molecule has 1 atom stereocenters. The first-order valence-electron chi connectivity index (χ1n) is 10.1. The van der Waals surface area contributed by atoms with Crippen LogP contribution in [0.2, 0.25) is 0 Å². The predicted octanol–water partition coefficient (Wildman–Crippen LogP) is 3.01. The van der Waals surface area contributed by atoms with E-state index in [1.54, 1.807) is 13.0 Å². The number of thioether (sulfide) groups is 1. The second-order valence-corrected chi connectivity index (χ2v) is 8.27. The Bertz CT molecular complexity index is 849. The van der Waals surface area contributed by atoms with Gasteiger partial charge in [0.2, 0.25) is 11.8 Å². The van der Waals surface area contributed by atoms with Crippen LogP contribution in [0.4, 0.5) is 5.82 Å². The number of hydrogen-bond acceptors (Lipinski definition) is 7. The Morgan fingerprint density at radius 3 is 2.83 bits per heavy atom. The Morgan fingerprint density at radius 1 is 1.31 bits per heavy atom. The Hall–Kier alpha value is -2.36. The van der Waals surface area contributed by atoms with Gasteiger partial charge in [-0.1, -0.05) is 30.3 Å². The fourth-order valence-corrected chi connectivity index (χ4v) is 4.34. The van der Waals surface area contributed by atoms with Crippen molar-refractivity contribution >= 4 is 29.4 Å². The zero-order valence-corrected chi connectivity index (χ0v) is 18.0. The summed E-state index contributed by atoms with van der Waals surface area (Å²) < 4.78 is 6.98. The molecule has 2 amide bonds. The molecule has 2 aromatic rings. The molecule has 1 aliphatic heterocycles. The molecule has 0 unspecified atom stereocenters. The first-order chi connectivity index (χ1) is 14.0. The molecule has 0 saturated carbocycles. The van der Waals surface area contributed by atoms with Crippen LogP contribution in [0.25, 0.3) is 0 Å². The molecule has 29 heavy (non-hydrogen) atoms. The summed E-state index contributed by atoms with van der Waals surface area (Å²) in [5, 5.41) is 15.6. The summed E-state index contributed by atoms with van der Waals surface area (Å²) in [7, 11) is 0. The number of nitrogens with one attached hydrogen (secondary N) is 1. The normalized spacial score (nSPS) is 16.0. The lowest BCUT2D eigenvalue weighted by molar-refractivity contribution is -0.131. The van der Waals surface area contributed by atoms with Gasteiger partial charge in [0.25, 0.3) is 0 Å². The molecular weight excluding hydrogens is 392 g/mol. The van der Waals surface area contributed by atoms with Gasteiger partial charge in [0, 0.05) is 25.6 Å². The van der Waals surface area contributed by atoms with Gasteiger partial charge in [-0.25, -0.2) is 0 Å². The van der Waals surface area contributed by atoms with E-state index in [0.717, 1.165) is 31.6 Å². The summed E-state index contributed by atoms with van der Waals surface area (Å²) in [6.45, 7) is 7.63. The van der Waals surface area contributed by atoms with Crippen LogP contribution in [0.3, 0.4) is 0 Å². The average molecular weight is 421 g/mol. The molecule has 3 rings (SSSR count). The summed E-state index contributed by atoms with van der Waals surface area (Å²) in [4.78, 5) is 26.8. The quantitative estimate of drug-likeness (QED) is 0.654. The topological polar surface area (TPSA) is 106 Å². The smallest absolute Gasteiger partial charge is 0.239 e. The average Bonchev–Trinajstić information content (AvgIpc) is 3.22. The summed E-state index contributed by atoms with van der Waals surface area (Å²) in [5.74, 6) is 1.83. The van der Waals surface area contributed by atoms with Crippen LogP contribution in [0.1, 0.15) is 57.5 Å². The Morgan fingerprint density at radius 2 is 2.14 bits per heavy atom. The van der Waals surface area contributed by atoms with Gasteiger partial charge in [0.1, 0.15) is 5.76 Å². The molecule has 2 aromatic heterocycles. The van der Waals surface area contributed by atoms with Gasteiger partial charge < -0.3 is 19.3 Å². The van der Waals surface area contributed by atoms with E-state index in [9.17, 15) is 9.59 Å². The van der Waals surface area contributed by atoms with Crippen LogP contribution in [0, 0.1) is 6.92 Å². The number of carbonyl (C=O) groups is 2. The van der Waals surface area contributed by atoms with Gasteiger partial charge in [-0.3, -0.25) is 9.59 Å². The minimum absolute atomic E-state index is 0.152.